The van der Waals surface area contributed by atoms with Crippen LogP contribution in [0.4, 0.5) is 34.1 Å². The Labute approximate surface area is 444 Å². The summed E-state index contributed by atoms with van der Waals surface area (Å²) < 4.78 is 6.68. The lowest BCUT2D eigenvalue weighted by Crippen LogP contribution is -2.60. The lowest BCUT2D eigenvalue weighted by Gasteiger charge is -2.45. The summed E-state index contributed by atoms with van der Waals surface area (Å²) in [4.78, 5) is 9.22. The molecule has 0 spiro atoms. The van der Waals surface area contributed by atoms with E-state index in [4.69, 9.17) is 0 Å². The van der Waals surface area contributed by atoms with E-state index in [1.54, 1.807) is 0 Å². The van der Waals surface area contributed by atoms with E-state index in [-0.39, 0.29) is 17.5 Å². The minimum absolute atomic E-state index is 0.00711. The Morgan fingerprint density at radius 3 is 1.52 bits per heavy atom. The molecule has 0 radical (unpaired) electrons. The molecule has 4 aromatic heterocycles. The van der Waals surface area contributed by atoms with Crippen LogP contribution in [-0.2, 0) is 10.8 Å². The van der Waals surface area contributed by atoms with Crippen molar-refractivity contribution in [3.63, 3.8) is 0 Å². The zero-order chi connectivity index (χ0) is 49.7. The number of hydrogen-bond donors (Lipinski definition) is 0. The number of hydrogen-bond acceptors (Lipinski definition) is 6. The summed E-state index contributed by atoms with van der Waals surface area (Å²) in [5.74, 6) is 0. The third-order valence-corrected chi connectivity index (χ3v) is 20.1. The van der Waals surface area contributed by atoms with Gasteiger partial charge in [-0.05, 0) is 182 Å². The van der Waals surface area contributed by atoms with Gasteiger partial charge in [0.15, 0.2) is 0 Å². The Bertz CT molecular complexity index is 4120. The van der Waals surface area contributed by atoms with Crippen LogP contribution in [0.5, 0.6) is 0 Å². The van der Waals surface area contributed by atoms with E-state index in [1.165, 1.54) is 144 Å². The minimum atomic E-state index is -0.151. The van der Waals surface area contributed by atoms with Gasteiger partial charge in [0.1, 0.15) is 0 Å². The molecule has 0 aliphatic carbocycles. The smallest absolute Gasteiger partial charge is 0.264 e. The SMILES string of the molecule is Cc1cc(-c2cc3ccccc3s2)cc(C)c1N1c2cc(C(C)(C)C)cc3c2B(c2ccc(-c4cc5ccccc5s4)cc2N3c2cccc(-c3cc4ccccc4s3)c2)c2sc3ccc(C(C)(C)C)cc3c21. The summed E-state index contributed by atoms with van der Waals surface area (Å²) in [5, 5.41) is 5.20. The van der Waals surface area contributed by atoms with Crippen molar-refractivity contribution < 1.29 is 0 Å². The van der Waals surface area contributed by atoms with Gasteiger partial charge in [0.05, 0.1) is 11.4 Å². The molecule has 73 heavy (non-hydrogen) atoms. The molecule has 0 saturated carbocycles. The second-order valence-electron chi connectivity index (χ2n) is 22.3. The molecule has 354 valence electrons. The maximum Gasteiger partial charge on any atom is 0.264 e. The Morgan fingerprint density at radius 1 is 0.397 bits per heavy atom. The average Bonchev–Trinajstić information content (AvgIpc) is 4.20. The molecule has 2 nitrogen and oxygen atoms in total. The fraction of sp³-hybridized carbons (Fsp3) is 0.152. The van der Waals surface area contributed by atoms with Crippen LogP contribution in [0.1, 0.15) is 63.8 Å². The molecule has 0 saturated heterocycles. The van der Waals surface area contributed by atoms with Crippen LogP contribution in [0.3, 0.4) is 0 Å². The second kappa shape index (κ2) is 16.4. The normalized spacial score (nSPS) is 13.4. The van der Waals surface area contributed by atoms with Gasteiger partial charge in [-0.15, -0.1) is 45.3 Å². The second-order valence-corrected chi connectivity index (χ2v) is 26.6. The van der Waals surface area contributed by atoms with Crippen LogP contribution >= 0.6 is 45.3 Å². The molecular formula is C66H53BN2S4. The number of nitrogens with zero attached hydrogens (tertiary/aromatic N) is 2. The molecule has 2 aliphatic heterocycles. The van der Waals surface area contributed by atoms with Gasteiger partial charge in [-0.25, -0.2) is 0 Å². The van der Waals surface area contributed by atoms with Gasteiger partial charge in [-0.3, -0.25) is 0 Å². The highest BCUT2D eigenvalue weighted by atomic mass is 32.1. The van der Waals surface area contributed by atoms with E-state index in [0.717, 1.165) is 0 Å². The fourth-order valence-electron chi connectivity index (χ4n) is 11.7. The molecule has 0 fully saturated rings. The van der Waals surface area contributed by atoms with Crippen LogP contribution in [0.25, 0.3) is 71.7 Å². The molecule has 2 aliphatic rings. The zero-order valence-corrected chi connectivity index (χ0v) is 45.6. The number of anilines is 6. The fourth-order valence-corrected chi connectivity index (χ4v) is 16.1. The highest BCUT2D eigenvalue weighted by Crippen LogP contribution is 2.52. The quantitative estimate of drug-likeness (QED) is 0.159. The third kappa shape index (κ3) is 7.22. The van der Waals surface area contributed by atoms with Crippen LogP contribution in [0.2, 0.25) is 0 Å². The van der Waals surface area contributed by atoms with Gasteiger partial charge in [0.25, 0.3) is 6.71 Å². The lowest BCUT2D eigenvalue weighted by atomic mass is 9.36. The van der Waals surface area contributed by atoms with Crippen molar-refractivity contribution in [3.05, 3.63) is 198 Å². The van der Waals surface area contributed by atoms with Gasteiger partial charge in [0.2, 0.25) is 0 Å². The van der Waals surface area contributed by atoms with Crippen molar-refractivity contribution in [1.29, 1.82) is 0 Å². The van der Waals surface area contributed by atoms with E-state index < -0.39 is 0 Å². The first-order valence-corrected chi connectivity index (χ1v) is 28.7. The summed E-state index contributed by atoms with van der Waals surface area (Å²) in [6, 6.07) is 67.5. The van der Waals surface area contributed by atoms with Crippen LogP contribution < -0.4 is 25.5 Å². The minimum Gasteiger partial charge on any atom is -0.311 e. The van der Waals surface area contributed by atoms with Crippen molar-refractivity contribution in [2.45, 2.75) is 66.2 Å². The van der Waals surface area contributed by atoms with Gasteiger partial charge in [-0.1, -0.05) is 126 Å². The largest absolute Gasteiger partial charge is 0.311 e. The highest BCUT2D eigenvalue weighted by molar-refractivity contribution is 7.33. The molecule has 0 atom stereocenters. The number of benzene rings is 8. The Balaban J connectivity index is 1.07. The van der Waals surface area contributed by atoms with Crippen LogP contribution in [-0.4, -0.2) is 6.71 Å². The van der Waals surface area contributed by atoms with Gasteiger partial charge < -0.3 is 9.80 Å². The maximum atomic E-state index is 2.72. The molecule has 14 rings (SSSR count). The van der Waals surface area contributed by atoms with Crippen molar-refractivity contribution in [1.82, 2.24) is 0 Å². The Kier molecular flexibility index (Phi) is 10.1. The van der Waals surface area contributed by atoms with Crippen LogP contribution in [0, 0.1) is 13.8 Å². The Hall–Kier alpha value is -6.74. The van der Waals surface area contributed by atoms with Crippen molar-refractivity contribution in [3.8, 4) is 31.3 Å². The first-order chi connectivity index (χ1) is 35.2. The summed E-state index contributed by atoms with van der Waals surface area (Å²) in [5.41, 5.74) is 19.0. The third-order valence-electron chi connectivity index (χ3n) is 15.3. The average molecular weight is 1010 g/mol. The highest BCUT2D eigenvalue weighted by Gasteiger charge is 2.46. The van der Waals surface area contributed by atoms with Crippen molar-refractivity contribution >= 4 is 142 Å². The molecular weight excluding hydrogens is 960 g/mol. The van der Waals surface area contributed by atoms with E-state index in [2.05, 4.69) is 241 Å². The van der Waals surface area contributed by atoms with E-state index in [0.29, 0.717) is 0 Å². The topological polar surface area (TPSA) is 6.48 Å². The van der Waals surface area contributed by atoms with E-state index in [1.807, 2.05) is 45.3 Å². The lowest BCUT2D eigenvalue weighted by molar-refractivity contribution is 0.590. The number of thiophene rings is 4. The molecule has 7 heteroatoms. The molecule has 0 unspecified atom stereocenters. The summed E-state index contributed by atoms with van der Waals surface area (Å²) in [6.45, 7) is 18.9. The molecule has 0 N–H and O–H groups in total. The first-order valence-electron chi connectivity index (χ1n) is 25.4. The molecule has 8 aromatic carbocycles. The molecule has 6 heterocycles. The molecule has 0 amide bonds. The van der Waals surface area contributed by atoms with Crippen molar-refractivity contribution in [2.75, 3.05) is 9.80 Å². The standard InChI is InChI=1S/C66H53BN2S4/c1-38-28-45(60-34-43-18-11-14-23-56(43)72-60)29-39(2)62(38)69-53-37-47(66(6,7)8)36-52-61(53)67(64-63(69)49-35-46(65(3,4)5)25-27-57(49)73-64)50-26-24-44(59-33-42-17-10-13-22-55(42)71-59)31-51(50)68(52)48-20-15-19-40(30-48)58-32-41-16-9-12-21-54(41)70-58/h9-37H,1-8H3. The number of rotatable bonds is 5. The van der Waals surface area contributed by atoms with Crippen molar-refractivity contribution in [2.24, 2.45) is 0 Å². The van der Waals surface area contributed by atoms with E-state index >= 15 is 0 Å². The predicted molar refractivity (Wildman–Crippen MR) is 325 cm³/mol. The van der Waals surface area contributed by atoms with Gasteiger partial charge in [-0.2, -0.15) is 0 Å². The summed E-state index contributed by atoms with van der Waals surface area (Å²) >= 11 is 7.64. The summed E-state index contributed by atoms with van der Waals surface area (Å²) in [6.07, 6.45) is 0. The maximum absolute atomic E-state index is 2.72. The zero-order valence-electron chi connectivity index (χ0n) is 42.3. The van der Waals surface area contributed by atoms with Gasteiger partial charge >= 0.3 is 0 Å². The molecule has 0 bridgehead atoms. The number of aryl methyl sites for hydroxylation is 2. The summed E-state index contributed by atoms with van der Waals surface area (Å²) in [7, 11) is 0. The van der Waals surface area contributed by atoms with Gasteiger partial charge in [0, 0.05) is 66.3 Å². The predicted octanol–water partition coefficient (Wildman–Crippen LogP) is 18.8. The monoisotopic (exact) mass is 1010 g/mol. The first kappa shape index (κ1) is 44.9. The van der Waals surface area contributed by atoms with Crippen LogP contribution in [0.15, 0.2) is 176 Å². The molecule has 12 aromatic rings. The van der Waals surface area contributed by atoms with E-state index in [9.17, 15) is 0 Å². The Morgan fingerprint density at radius 2 is 0.945 bits per heavy atom. The number of fused-ring (bicyclic) bond motifs is 9.